The number of aryl methyl sites for hydroxylation is 1. The molecular weight excluding hydrogens is 228 g/mol. The van der Waals surface area contributed by atoms with Crippen LogP contribution in [0, 0.1) is 18.8 Å². The Balaban J connectivity index is 1.97. The second kappa shape index (κ2) is 5.96. The van der Waals surface area contributed by atoms with E-state index in [0.717, 1.165) is 12.3 Å². The summed E-state index contributed by atoms with van der Waals surface area (Å²) in [6, 6.07) is 0. The van der Waals surface area contributed by atoms with Gasteiger partial charge in [-0.2, -0.15) is 0 Å². The quantitative estimate of drug-likeness (QED) is 0.890. The van der Waals surface area contributed by atoms with Crippen molar-refractivity contribution in [1.82, 2.24) is 10.3 Å². The second-order valence-electron chi connectivity index (χ2n) is 5.63. The number of rotatable bonds is 4. The molecule has 2 nitrogen and oxygen atoms in total. The number of hydrogen-bond acceptors (Lipinski definition) is 3. The SMILES string of the molecule is Cc1nc(CC(C)C)sc1CC1CCCNC1. The first-order chi connectivity index (χ1) is 8.15. The van der Waals surface area contributed by atoms with Gasteiger partial charge in [-0.1, -0.05) is 13.8 Å². The maximum absolute atomic E-state index is 4.71. The molecule has 2 rings (SSSR count). The molecule has 0 spiro atoms. The second-order valence-corrected chi connectivity index (χ2v) is 6.80. The maximum Gasteiger partial charge on any atom is 0.0933 e. The lowest BCUT2D eigenvalue weighted by Gasteiger charge is -2.22. The van der Waals surface area contributed by atoms with E-state index in [1.54, 1.807) is 0 Å². The molecule has 0 aliphatic carbocycles. The van der Waals surface area contributed by atoms with Crippen molar-refractivity contribution < 1.29 is 0 Å². The number of nitrogens with one attached hydrogen (secondary N) is 1. The van der Waals surface area contributed by atoms with E-state index < -0.39 is 0 Å². The van der Waals surface area contributed by atoms with Gasteiger partial charge in [-0.15, -0.1) is 11.3 Å². The lowest BCUT2D eigenvalue weighted by Crippen LogP contribution is -2.30. The van der Waals surface area contributed by atoms with E-state index in [1.165, 1.54) is 47.9 Å². The zero-order valence-corrected chi connectivity index (χ0v) is 12.1. The summed E-state index contributed by atoms with van der Waals surface area (Å²) >= 11 is 1.94. The van der Waals surface area contributed by atoms with Gasteiger partial charge in [-0.05, 0) is 51.1 Å². The standard InChI is InChI=1S/C14H24N2S/c1-10(2)7-14-16-11(3)13(17-14)8-12-5-4-6-15-9-12/h10,12,15H,4-9H2,1-3H3. The van der Waals surface area contributed by atoms with Gasteiger partial charge in [0.05, 0.1) is 10.7 Å². The first-order valence-corrected chi connectivity index (χ1v) is 7.62. The molecule has 17 heavy (non-hydrogen) atoms. The number of aromatic nitrogens is 1. The Morgan fingerprint density at radius 3 is 2.94 bits per heavy atom. The molecule has 0 amide bonds. The van der Waals surface area contributed by atoms with Gasteiger partial charge in [0, 0.05) is 11.3 Å². The molecule has 2 heterocycles. The van der Waals surface area contributed by atoms with Crippen molar-refractivity contribution in [3.05, 3.63) is 15.6 Å². The van der Waals surface area contributed by atoms with Crippen LogP contribution in [0.5, 0.6) is 0 Å². The van der Waals surface area contributed by atoms with Crippen molar-refractivity contribution in [1.29, 1.82) is 0 Å². The Morgan fingerprint density at radius 1 is 1.47 bits per heavy atom. The van der Waals surface area contributed by atoms with Crippen molar-refractivity contribution >= 4 is 11.3 Å². The van der Waals surface area contributed by atoms with Gasteiger partial charge in [0.1, 0.15) is 0 Å². The van der Waals surface area contributed by atoms with Gasteiger partial charge in [-0.25, -0.2) is 4.98 Å². The molecule has 96 valence electrons. The number of thiazole rings is 1. The van der Waals surface area contributed by atoms with Crippen LogP contribution in [-0.4, -0.2) is 18.1 Å². The van der Waals surface area contributed by atoms with E-state index in [1.807, 2.05) is 11.3 Å². The molecule has 1 aliphatic heterocycles. The summed E-state index contributed by atoms with van der Waals surface area (Å²) in [5, 5.41) is 4.83. The van der Waals surface area contributed by atoms with Gasteiger partial charge in [0.15, 0.2) is 0 Å². The van der Waals surface area contributed by atoms with Gasteiger partial charge in [0.25, 0.3) is 0 Å². The number of piperidine rings is 1. The van der Waals surface area contributed by atoms with Gasteiger partial charge in [0.2, 0.25) is 0 Å². The summed E-state index contributed by atoms with van der Waals surface area (Å²) in [5.74, 6) is 1.54. The van der Waals surface area contributed by atoms with Gasteiger partial charge < -0.3 is 5.32 Å². The molecular formula is C14H24N2S. The molecule has 1 aromatic rings. The predicted octanol–water partition coefficient (Wildman–Crippen LogP) is 3.19. The van der Waals surface area contributed by atoms with E-state index in [0.29, 0.717) is 5.92 Å². The molecule has 1 aromatic heterocycles. The molecule has 1 aliphatic rings. The topological polar surface area (TPSA) is 24.9 Å². The lowest BCUT2D eigenvalue weighted by molar-refractivity contribution is 0.377. The average Bonchev–Trinajstić information content (AvgIpc) is 2.59. The highest BCUT2D eigenvalue weighted by Gasteiger charge is 2.17. The van der Waals surface area contributed by atoms with Gasteiger partial charge in [-0.3, -0.25) is 0 Å². The third kappa shape index (κ3) is 3.78. The highest BCUT2D eigenvalue weighted by atomic mass is 32.1. The monoisotopic (exact) mass is 252 g/mol. The van der Waals surface area contributed by atoms with Crippen LogP contribution < -0.4 is 5.32 Å². The zero-order chi connectivity index (χ0) is 12.3. The molecule has 0 radical (unpaired) electrons. The Labute approximate surface area is 109 Å². The normalized spacial score (nSPS) is 21.1. The summed E-state index contributed by atoms with van der Waals surface area (Å²) in [5.41, 5.74) is 1.27. The van der Waals surface area contributed by atoms with Crippen LogP contribution >= 0.6 is 11.3 Å². The zero-order valence-electron chi connectivity index (χ0n) is 11.3. The summed E-state index contributed by atoms with van der Waals surface area (Å²) in [7, 11) is 0. The molecule has 0 bridgehead atoms. The summed E-state index contributed by atoms with van der Waals surface area (Å²) in [6.07, 6.45) is 5.08. The van der Waals surface area contributed by atoms with Crippen LogP contribution in [0.15, 0.2) is 0 Å². The van der Waals surface area contributed by atoms with Crippen LogP contribution in [0.2, 0.25) is 0 Å². The summed E-state index contributed by atoms with van der Waals surface area (Å²) < 4.78 is 0. The highest BCUT2D eigenvalue weighted by Crippen LogP contribution is 2.25. The van der Waals surface area contributed by atoms with Crippen LogP contribution in [0.25, 0.3) is 0 Å². The fraction of sp³-hybridized carbons (Fsp3) is 0.786. The molecule has 0 aromatic carbocycles. The number of nitrogens with zero attached hydrogens (tertiary/aromatic N) is 1. The van der Waals surface area contributed by atoms with Crippen molar-refractivity contribution in [3.8, 4) is 0 Å². The first kappa shape index (κ1) is 13.0. The van der Waals surface area contributed by atoms with Gasteiger partial charge >= 0.3 is 0 Å². The first-order valence-electron chi connectivity index (χ1n) is 6.81. The molecule has 1 saturated heterocycles. The molecule has 1 fully saturated rings. The highest BCUT2D eigenvalue weighted by molar-refractivity contribution is 7.11. The molecule has 1 atom stereocenters. The van der Waals surface area contributed by atoms with Crippen LogP contribution in [0.1, 0.15) is 42.3 Å². The van der Waals surface area contributed by atoms with Crippen LogP contribution in [0.4, 0.5) is 0 Å². The van der Waals surface area contributed by atoms with Crippen molar-refractivity contribution in [2.24, 2.45) is 11.8 Å². The molecule has 0 saturated carbocycles. The third-order valence-corrected chi connectivity index (χ3v) is 4.59. The fourth-order valence-corrected chi connectivity index (χ4v) is 3.87. The minimum atomic E-state index is 0.713. The number of hydrogen-bond donors (Lipinski definition) is 1. The lowest BCUT2D eigenvalue weighted by atomic mass is 9.95. The largest absolute Gasteiger partial charge is 0.316 e. The minimum absolute atomic E-state index is 0.713. The van der Waals surface area contributed by atoms with Crippen molar-refractivity contribution in [2.75, 3.05) is 13.1 Å². The predicted molar refractivity (Wildman–Crippen MR) is 74.7 cm³/mol. The smallest absolute Gasteiger partial charge is 0.0933 e. The van der Waals surface area contributed by atoms with E-state index in [-0.39, 0.29) is 0 Å². The van der Waals surface area contributed by atoms with Crippen molar-refractivity contribution in [2.45, 2.75) is 46.5 Å². The Morgan fingerprint density at radius 2 is 2.29 bits per heavy atom. The Hall–Kier alpha value is -0.410. The molecule has 1 N–H and O–H groups in total. The molecule has 1 unspecified atom stereocenters. The van der Waals surface area contributed by atoms with E-state index in [2.05, 4.69) is 26.1 Å². The Bertz CT molecular complexity index is 351. The third-order valence-electron chi connectivity index (χ3n) is 3.39. The van der Waals surface area contributed by atoms with E-state index in [4.69, 9.17) is 4.98 Å². The fourth-order valence-electron chi connectivity index (χ4n) is 2.47. The average molecular weight is 252 g/mol. The molecule has 3 heteroatoms. The van der Waals surface area contributed by atoms with Crippen LogP contribution in [-0.2, 0) is 12.8 Å². The maximum atomic E-state index is 4.71. The van der Waals surface area contributed by atoms with E-state index in [9.17, 15) is 0 Å². The van der Waals surface area contributed by atoms with Crippen LogP contribution in [0.3, 0.4) is 0 Å². The summed E-state index contributed by atoms with van der Waals surface area (Å²) in [6.45, 7) is 9.10. The summed E-state index contributed by atoms with van der Waals surface area (Å²) in [4.78, 5) is 6.24. The minimum Gasteiger partial charge on any atom is -0.316 e. The van der Waals surface area contributed by atoms with Crippen molar-refractivity contribution in [3.63, 3.8) is 0 Å². The Kier molecular flexibility index (Phi) is 4.57. The van der Waals surface area contributed by atoms with E-state index >= 15 is 0 Å².